The second kappa shape index (κ2) is 11.0. The van der Waals surface area contributed by atoms with Gasteiger partial charge in [-0.15, -0.1) is 17.5 Å². The van der Waals surface area contributed by atoms with E-state index in [0.29, 0.717) is 0 Å². The van der Waals surface area contributed by atoms with Crippen LogP contribution in [-0.4, -0.2) is 49.3 Å². The topological polar surface area (TPSA) is 106 Å². The van der Waals surface area contributed by atoms with Crippen LogP contribution in [0, 0.1) is 0 Å². The molecule has 1 rings (SSSR count). The maximum absolute atomic E-state index is 11.3. The molecule has 0 atom stereocenters. The molecule has 0 spiro atoms. The first-order chi connectivity index (χ1) is 9.61. The maximum atomic E-state index is 11.3. The monoisotopic (exact) mass is 322 g/mol. The summed E-state index contributed by atoms with van der Waals surface area (Å²) in [6.07, 6.45) is 3.56. The SMILES string of the molecule is CCOC(=O)OC(=O)CNC(N)=NN1CCCCCC1.Cl. The minimum Gasteiger partial charge on any atom is -0.434 e. The van der Waals surface area contributed by atoms with Crippen molar-refractivity contribution < 1.29 is 19.1 Å². The number of carbonyl (C=O) groups is 2. The van der Waals surface area contributed by atoms with Crippen LogP contribution in [0.25, 0.3) is 0 Å². The highest BCUT2D eigenvalue weighted by Crippen LogP contribution is 2.09. The van der Waals surface area contributed by atoms with Crippen LogP contribution in [0.3, 0.4) is 0 Å². The van der Waals surface area contributed by atoms with Crippen molar-refractivity contribution in [2.75, 3.05) is 26.2 Å². The molecule has 0 aromatic heterocycles. The first-order valence-corrected chi connectivity index (χ1v) is 6.82. The van der Waals surface area contributed by atoms with Crippen LogP contribution in [0.15, 0.2) is 5.10 Å². The molecule has 8 nitrogen and oxygen atoms in total. The molecule has 3 N–H and O–H groups in total. The van der Waals surface area contributed by atoms with Crippen LogP contribution in [0.4, 0.5) is 4.79 Å². The Morgan fingerprint density at radius 2 is 1.86 bits per heavy atom. The number of hydrogen-bond acceptors (Lipinski definition) is 6. The van der Waals surface area contributed by atoms with E-state index in [4.69, 9.17) is 5.73 Å². The zero-order chi connectivity index (χ0) is 14.8. The van der Waals surface area contributed by atoms with Gasteiger partial charge in [0, 0.05) is 13.1 Å². The lowest BCUT2D eigenvalue weighted by atomic mass is 10.2. The van der Waals surface area contributed by atoms with Gasteiger partial charge in [-0.1, -0.05) is 12.8 Å². The lowest BCUT2D eigenvalue weighted by molar-refractivity contribution is -0.138. The minimum absolute atomic E-state index is 0. The zero-order valence-electron chi connectivity index (χ0n) is 12.2. The lowest BCUT2D eigenvalue weighted by Crippen LogP contribution is -2.39. The summed E-state index contributed by atoms with van der Waals surface area (Å²) in [5.74, 6) is -0.634. The Bertz CT molecular complexity index is 357. The second-order valence-corrected chi connectivity index (χ2v) is 4.36. The highest BCUT2D eigenvalue weighted by Gasteiger charge is 2.12. The molecule has 1 aliphatic rings. The van der Waals surface area contributed by atoms with E-state index in [1.165, 1.54) is 12.8 Å². The first-order valence-electron chi connectivity index (χ1n) is 6.82. The molecule has 0 saturated carbocycles. The second-order valence-electron chi connectivity index (χ2n) is 4.36. The minimum atomic E-state index is -1.01. The summed E-state index contributed by atoms with van der Waals surface area (Å²) < 4.78 is 8.84. The smallest absolute Gasteiger partial charge is 0.434 e. The molecule has 122 valence electrons. The van der Waals surface area contributed by atoms with Crippen molar-refractivity contribution in [3.8, 4) is 0 Å². The molecule has 0 bridgehead atoms. The van der Waals surface area contributed by atoms with Crippen molar-refractivity contribution >= 4 is 30.5 Å². The summed E-state index contributed by atoms with van der Waals surface area (Å²) in [4.78, 5) is 22.2. The predicted molar refractivity (Wildman–Crippen MR) is 80.0 cm³/mol. The number of rotatable bonds is 4. The Hall–Kier alpha value is -1.70. The fourth-order valence-corrected chi connectivity index (χ4v) is 1.78. The van der Waals surface area contributed by atoms with Gasteiger partial charge in [0.2, 0.25) is 5.96 Å². The van der Waals surface area contributed by atoms with Gasteiger partial charge in [-0.3, -0.25) is 5.01 Å². The predicted octanol–water partition coefficient (Wildman–Crippen LogP) is 0.803. The third-order valence-electron chi connectivity index (χ3n) is 2.70. The van der Waals surface area contributed by atoms with Crippen molar-refractivity contribution in [2.45, 2.75) is 32.6 Å². The van der Waals surface area contributed by atoms with Crippen LogP contribution in [0.5, 0.6) is 0 Å². The van der Waals surface area contributed by atoms with Crippen LogP contribution in [0.2, 0.25) is 0 Å². The summed E-state index contributed by atoms with van der Waals surface area (Å²) in [7, 11) is 0. The quantitative estimate of drug-likeness (QED) is 0.341. The molecule has 1 saturated heterocycles. The number of guanidine groups is 1. The lowest BCUT2D eigenvalue weighted by Gasteiger charge is -2.17. The number of halogens is 1. The molecule has 0 amide bonds. The van der Waals surface area contributed by atoms with Crippen molar-refractivity contribution in [1.29, 1.82) is 0 Å². The molecule has 1 fully saturated rings. The Morgan fingerprint density at radius 3 is 2.43 bits per heavy atom. The average Bonchev–Trinajstić information content (AvgIpc) is 2.65. The Kier molecular flexibility index (Phi) is 10.1. The van der Waals surface area contributed by atoms with Crippen LogP contribution in [0.1, 0.15) is 32.6 Å². The molecular weight excluding hydrogens is 300 g/mol. The van der Waals surface area contributed by atoms with Gasteiger partial charge in [0.25, 0.3) is 0 Å². The van der Waals surface area contributed by atoms with Crippen molar-refractivity contribution in [1.82, 2.24) is 10.3 Å². The number of hydrazone groups is 1. The number of esters is 1. The Morgan fingerprint density at radius 1 is 1.24 bits per heavy atom. The van der Waals surface area contributed by atoms with Gasteiger partial charge in [0.15, 0.2) is 0 Å². The van der Waals surface area contributed by atoms with Crippen molar-refractivity contribution in [2.24, 2.45) is 10.8 Å². The first kappa shape index (κ1) is 19.3. The average molecular weight is 323 g/mol. The summed E-state index contributed by atoms with van der Waals surface area (Å²) >= 11 is 0. The normalized spacial score (nSPS) is 15.5. The van der Waals surface area contributed by atoms with E-state index in [0.717, 1.165) is 25.9 Å². The molecule has 1 aliphatic heterocycles. The van der Waals surface area contributed by atoms with Gasteiger partial charge < -0.3 is 20.5 Å². The molecule has 0 aromatic carbocycles. The molecular formula is C12H23ClN4O4. The molecule has 21 heavy (non-hydrogen) atoms. The van der Waals surface area contributed by atoms with Gasteiger partial charge >= 0.3 is 12.1 Å². The molecule has 0 radical (unpaired) electrons. The fourth-order valence-electron chi connectivity index (χ4n) is 1.78. The Labute approximate surface area is 130 Å². The Balaban J connectivity index is 0.00000400. The molecule has 1 heterocycles. The number of nitrogens with zero attached hydrogens (tertiary/aromatic N) is 2. The zero-order valence-corrected chi connectivity index (χ0v) is 13.0. The molecule has 0 aliphatic carbocycles. The molecule has 0 unspecified atom stereocenters. The van der Waals surface area contributed by atoms with E-state index < -0.39 is 12.1 Å². The van der Waals surface area contributed by atoms with E-state index >= 15 is 0 Å². The van der Waals surface area contributed by atoms with E-state index in [1.54, 1.807) is 6.92 Å². The number of hydrogen-bond donors (Lipinski definition) is 2. The maximum Gasteiger partial charge on any atom is 0.516 e. The summed E-state index contributed by atoms with van der Waals surface area (Å²) in [6, 6.07) is 0. The number of ether oxygens (including phenoxy) is 2. The molecule has 0 aromatic rings. The van der Waals surface area contributed by atoms with Gasteiger partial charge in [0.05, 0.1) is 6.61 Å². The van der Waals surface area contributed by atoms with Crippen molar-refractivity contribution in [3.05, 3.63) is 0 Å². The van der Waals surface area contributed by atoms with E-state index in [1.807, 2.05) is 5.01 Å². The van der Waals surface area contributed by atoms with Crippen LogP contribution < -0.4 is 11.1 Å². The van der Waals surface area contributed by atoms with Gasteiger partial charge in [-0.25, -0.2) is 9.59 Å². The largest absolute Gasteiger partial charge is 0.516 e. The fraction of sp³-hybridized carbons (Fsp3) is 0.750. The van der Waals surface area contributed by atoms with Crippen LogP contribution in [-0.2, 0) is 14.3 Å². The third-order valence-corrected chi connectivity index (χ3v) is 2.70. The van der Waals surface area contributed by atoms with Gasteiger partial charge in [0.1, 0.15) is 6.54 Å². The standard InChI is InChI=1S/C12H22N4O4.ClH/c1-2-19-12(18)20-10(17)9-14-11(13)15-16-7-5-3-4-6-8-16;/h2-9H2,1H3,(H3,13,14,15);1H. The third kappa shape index (κ3) is 8.96. The summed E-state index contributed by atoms with van der Waals surface area (Å²) in [6.45, 7) is 3.25. The number of nitrogens with one attached hydrogen (secondary N) is 1. The summed E-state index contributed by atoms with van der Waals surface area (Å²) in [5, 5.41) is 8.66. The highest BCUT2D eigenvalue weighted by molar-refractivity contribution is 5.87. The van der Waals surface area contributed by atoms with E-state index in [2.05, 4.69) is 19.9 Å². The summed E-state index contributed by atoms with van der Waals surface area (Å²) in [5.41, 5.74) is 5.67. The van der Waals surface area contributed by atoms with Crippen molar-refractivity contribution in [3.63, 3.8) is 0 Å². The van der Waals surface area contributed by atoms with Crippen LogP contribution >= 0.6 is 12.4 Å². The van der Waals surface area contributed by atoms with E-state index in [-0.39, 0.29) is 31.5 Å². The number of carbonyl (C=O) groups excluding carboxylic acids is 2. The van der Waals surface area contributed by atoms with Gasteiger partial charge in [-0.2, -0.15) is 0 Å². The van der Waals surface area contributed by atoms with E-state index in [9.17, 15) is 9.59 Å². The number of nitrogens with two attached hydrogens (primary N) is 1. The molecule has 9 heteroatoms. The highest BCUT2D eigenvalue weighted by atomic mass is 35.5. The van der Waals surface area contributed by atoms with Gasteiger partial charge in [-0.05, 0) is 19.8 Å².